The summed E-state index contributed by atoms with van der Waals surface area (Å²) >= 11 is 1.80. The van der Waals surface area contributed by atoms with Crippen LogP contribution in [0.1, 0.15) is 30.3 Å². The first-order valence-electron chi connectivity index (χ1n) is 6.56. The zero-order chi connectivity index (χ0) is 13.8. The van der Waals surface area contributed by atoms with E-state index in [-0.39, 0.29) is 0 Å². The van der Waals surface area contributed by atoms with Gasteiger partial charge in [0.1, 0.15) is 5.75 Å². The third-order valence-corrected chi connectivity index (χ3v) is 4.22. The summed E-state index contributed by atoms with van der Waals surface area (Å²) in [6.45, 7) is 6.60. The van der Waals surface area contributed by atoms with Gasteiger partial charge in [-0.3, -0.25) is 0 Å². The van der Waals surface area contributed by atoms with Gasteiger partial charge in [0.05, 0.1) is 13.2 Å². The van der Waals surface area contributed by atoms with Gasteiger partial charge in [-0.15, -0.1) is 11.3 Å². The van der Waals surface area contributed by atoms with E-state index in [1.165, 1.54) is 16.1 Å². The lowest BCUT2D eigenvalue weighted by Gasteiger charge is -2.23. The minimum Gasteiger partial charge on any atom is -0.497 e. The second-order valence-electron chi connectivity index (χ2n) is 5.06. The van der Waals surface area contributed by atoms with Crippen molar-refractivity contribution in [3.8, 4) is 5.75 Å². The van der Waals surface area contributed by atoms with Crippen molar-refractivity contribution in [3.05, 3.63) is 46.2 Å². The van der Waals surface area contributed by atoms with Crippen LogP contribution < -0.4 is 10.1 Å². The first kappa shape index (κ1) is 13.9. The van der Waals surface area contributed by atoms with Gasteiger partial charge >= 0.3 is 0 Å². The van der Waals surface area contributed by atoms with Gasteiger partial charge in [0.2, 0.25) is 0 Å². The monoisotopic (exact) mass is 275 g/mol. The Kier molecular flexibility index (Phi) is 4.48. The molecule has 0 saturated heterocycles. The molecule has 2 rings (SSSR count). The first-order chi connectivity index (χ1) is 9.11. The Balaban J connectivity index is 2.23. The van der Waals surface area contributed by atoms with Crippen LogP contribution in [0.5, 0.6) is 5.75 Å². The van der Waals surface area contributed by atoms with Crippen LogP contribution in [-0.2, 0) is 0 Å². The fourth-order valence-corrected chi connectivity index (χ4v) is 3.08. The molecule has 2 nitrogen and oxygen atoms in total. The molecule has 0 aliphatic heterocycles. The number of benzene rings is 1. The Hall–Kier alpha value is -1.48. The minimum absolute atomic E-state index is 0.354. The molecule has 0 fully saturated rings. The maximum Gasteiger partial charge on any atom is 0.119 e. The van der Waals surface area contributed by atoms with Crippen molar-refractivity contribution in [2.75, 3.05) is 12.4 Å². The fourth-order valence-electron chi connectivity index (χ4n) is 2.13. The van der Waals surface area contributed by atoms with Crippen molar-refractivity contribution in [1.82, 2.24) is 0 Å². The summed E-state index contributed by atoms with van der Waals surface area (Å²) in [7, 11) is 1.70. The zero-order valence-corrected chi connectivity index (χ0v) is 12.8. The van der Waals surface area contributed by atoms with E-state index in [9.17, 15) is 0 Å². The highest BCUT2D eigenvalue weighted by Gasteiger charge is 2.17. The standard InChI is InChI=1S/C16H21NOS/c1-11(2)16(15-6-5-9-19-15)17-14-8-7-13(18-4)10-12(14)3/h5-11,16-17H,1-4H3. The summed E-state index contributed by atoms with van der Waals surface area (Å²) in [5.41, 5.74) is 2.38. The lowest BCUT2D eigenvalue weighted by molar-refractivity contribution is 0.414. The Morgan fingerprint density at radius 2 is 2.00 bits per heavy atom. The number of hydrogen-bond donors (Lipinski definition) is 1. The molecule has 1 unspecified atom stereocenters. The highest BCUT2D eigenvalue weighted by atomic mass is 32.1. The molecule has 1 heterocycles. The molecule has 3 heteroatoms. The molecule has 0 saturated carbocycles. The van der Waals surface area contributed by atoms with Crippen molar-refractivity contribution in [1.29, 1.82) is 0 Å². The Morgan fingerprint density at radius 1 is 1.21 bits per heavy atom. The van der Waals surface area contributed by atoms with Crippen molar-refractivity contribution in [2.45, 2.75) is 26.8 Å². The molecule has 1 N–H and O–H groups in total. The molecule has 0 radical (unpaired) electrons. The largest absolute Gasteiger partial charge is 0.497 e. The van der Waals surface area contributed by atoms with Crippen LogP contribution >= 0.6 is 11.3 Å². The van der Waals surface area contributed by atoms with E-state index in [2.05, 4.69) is 55.7 Å². The zero-order valence-electron chi connectivity index (χ0n) is 11.9. The van der Waals surface area contributed by atoms with E-state index in [4.69, 9.17) is 4.74 Å². The number of thiophene rings is 1. The first-order valence-corrected chi connectivity index (χ1v) is 7.44. The quantitative estimate of drug-likeness (QED) is 0.840. The lowest BCUT2D eigenvalue weighted by atomic mass is 10.0. The molecule has 0 amide bonds. The number of rotatable bonds is 5. The second kappa shape index (κ2) is 6.11. The van der Waals surface area contributed by atoms with Crippen molar-refractivity contribution in [3.63, 3.8) is 0 Å². The highest BCUT2D eigenvalue weighted by molar-refractivity contribution is 7.10. The number of aryl methyl sites for hydroxylation is 1. The molecule has 0 aliphatic carbocycles. The maximum atomic E-state index is 5.25. The van der Waals surface area contributed by atoms with Crippen LogP contribution in [0.15, 0.2) is 35.7 Å². The van der Waals surface area contributed by atoms with E-state index in [0.29, 0.717) is 12.0 Å². The minimum atomic E-state index is 0.354. The lowest BCUT2D eigenvalue weighted by Crippen LogP contribution is -2.16. The predicted octanol–water partition coefficient (Wildman–Crippen LogP) is 4.87. The van der Waals surface area contributed by atoms with Gasteiger partial charge in [0, 0.05) is 10.6 Å². The predicted molar refractivity (Wildman–Crippen MR) is 83.3 cm³/mol. The molecular weight excluding hydrogens is 254 g/mol. The van der Waals surface area contributed by atoms with Gasteiger partial charge in [-0.25, -0.2) is 0 Å². The number of ether oxygens (including phenoxy) is 1. The highest BCUT2D eigenvalue weighted by Crippen LogP contribution is 2.31. The Labute approximate surface area is 119 Å². The summed E-state index contributed by atoms with van der Waals surface area (Å²) in [6.07, 6.45) is 0. The topological polar surface area (TPSA) is 21.3 Å². The summed E-state index contributed by atoms with van der Waals surface area (Å²) in [5, 5.41) is 5.79. The van der Waals surface area contributed by atoms with Gasteiger partial charge in [-0.05, 0) is 48.1 Å². The average molecular weight is 275 g/mol. The Bertz CT molecular complexity index is 520. The SMILES string of the molecule is COc1ccc(NC(c2cccs2)C(C)C)c(C)c1. The fraction of sp³-hybridized carbons (Fsp3) is 0.375. The molecule has 19 heavy (non-hydrogen) atoms. The van der Waals surface area contributed by atoms with Gasteiger partial charge in [0.15, 0.2) is 0 Å². The molecule has 0 bridgehead atoms. The molecule has 1 aromatic carbocycles. The molecule has 102 valence electrons. The van der Waals surface area contributed by atoms with Crippen molar-refractivity contribution >= 4 is 17.0 Å². The van der Waals surface area contributed by atoms with Crippen LogP contribution in [0.2, 0.25) is 0 Å². The summed E-state index contributed by atoms with van der Waals surface area (Å²) in [5.74, 6) is 1.44. The van der Waals surface area contributed by atoms with E-state index < -0.39 is 0 Å². The maximum absolute atomic E-state index is 5.25. The van der Waals surface area contributed by atoms with Crippen LogP contribution in [0, 0.1) is 12.8 Å². The summed E-state index contributed by atoms with van der Waals surface area (Å²) < 4.78 is 5.25. The van der Waals surface area contributed by atoms with E-state index >= 15 is 0 Å². The number of anilines is 1. The molecule has 1 aromatic heterocycles. The molecule has 1 atom stereocenters. The number of nitrogens with one attached hydrogen (secondary N) is 1. The van der Waals surface area contributed by atoms with Crippen LogP contribution in [0.3, 0.4) is 0 Å². The normalized spacial score (nSPS) is 12.5. The third-order valence-electron chi connectivity index (χ3n) is 3.26. The smallest absolute Gasteiger partial charge is 0.119 e. The van der Waals surface area contributed by atoms with Crippen LogP contribution in [-0.4, -0.2) is 7.11 Å². The summed E-state index contributed by atoms with van der Waals surface area (Å²) in [6, 6.07) is 10.8. The third kappa shape index (κ3) is 3.29. The van der Waals surface area contributed by atoms with Crippen molar-refractivity contribution in [2.24, 2.45) is 5.92 Å². The summed E-state index contributed by atoms with van der Waals surface area (Å²) in [4.78, 5) is 1.38. The Morgan fingerprint density at radius 3 is 2.53 bits per heavy atom. The molecular formula is C16H21NOS. The second-order valence-corrected chi connectivity index (χ2v) is 6.04. The van der Waals surface area contributed by atoms with Gasteiger partial charge in [-0.2, -0.15) is 0 Å². The van der Waals surface area contributed by atoms with Crippen LogP contribution in [0.4, 0.5) is 5.69 Å². The van der Waals surface area contributed by atoms with Crippen LogP contribution in [0.25, 0.3) is 0 Å². The number of hydrogen-bond acceptors (Lipinski definition) is 3. The molecule has 2 aromatic rings. The van der Waals surface area contributed by atoms with Gasteiger partial charge in [-0.1, -0.05) is 19.9 Å². The van der Waals surface area contributed by atoms with Gasteiger partial charge < -0.3 is 10.1 Å². The van der Waals surface area contributed by atoms with E-state index in [1.807, 2.05) is 6.07 Å². The van der Waals surface area contributed by atoms with E-state index in [0.717, 1.165) is 5.75 Å². The van der Waals surface area contributed by atoms with Gasteiger partial charge in [0.25, 0.3) is 0 Å². The molecule has 0 spiro atoms. The average Bonchev–Trinajstić information content (AvgIpc) is 2.90. The molecule has 0 aliphatic rings. The van der Waals surface area contributed by atoms with Crippen molar-refractivity contribution < 1.29 is 4.74 Å². The number of methoxy groups -OCH3 is 1. The van der Waals surface area contributed by atoms with E-state index in [1.54, 1.807) is 18.4 Å².